The van der Waals surface area contributed by atoms with Gasteiger partial charge in [0, 0.05) is 24.8 Å². The number of phenolic OH excluding ortho intramolecular Hbond substituents is 1. The molecule has 0 aliphatic heterocycles. The number of hydrogen-bond acceptors (Lipinski definition) is 6. The lowest BCUT2D eigenvalue weighted by molar-refractivity contribution is 0.102. The van der Waals surface area contributed by atoms with Crippen LogP contribution in [0.5, 0.6) is 5.75 Å². The van der Waals surface area contributed by atoms with Crippen LogP contribution in [0.3, 0.4) is 0 Å². The molecular formula is C23H31N5O4S. The number of hydrogen-bond donors (Lipinski definition) is 2. The number of carbonyl (C=O) groups excluding carboxylic acids is 1. The summed E-state index contributed by atoms with van der Waals surface area (Å²) in [5.41, 5.74) is 1.70. The zero-order valence-corrected chi connectivity index (χ0v) is 20.6. The molecule has 1 aromatic carbocycles. The van der Waals surface area contributed by atoms with E-state index in [9.17, 15) is 18.3 Å². The lowest BCUT2D eigenvalue weighted by Crippen LogP contribution is -2.30. The number of rotatable bonds is 8. The fourth-order valence-corrected chi connectivity index (χ4v) is 5.06. The quantitative estimate of drug-likeness (QED) is 0.475. The van der Waals surface area contributed by atoms with Crippen molar-refractivity contribution in [2.75, 3.05) is 18.4 Å². The average Bonchev–Trinajstić information content (AvgIpc) is 3.19. The maximum atomic E-state index is 13.3. The molecule has 1 amide bonds. The molecule has 0 fully saturated rings. The summed E-state index contributed by atoms with van der Waals surface area (Å²) in [5, 5.41) is 18.0. The molecule has 178 valence electrons. The van der Waals surface area contributed by atoms with E-state index in [0.29, 0.717) is 29.7 Å². The molecule has 0 saturated heterocycles. The Labute approximate surface area is 194 Å². The Morgan fingerprint density at radius 2 is 1.82 bits per heavy atom. The number of carbonyl (C=O) groups is 1. The fraction of sp³-hybridized carbons (Fsp3) is 0.435. The predicted octanol–water partition coefficient (Wildman–Crippen LogP) is 4.12. The summed E-state index contributed by atoms with van der Waals surface area (Å²) in [6, 6.07) is 5.64. The number of nitrogens with one attached hydrogen (secondary N) is 1. The molecule has 2 heterocycles. The van der Waals surface area contributed by atoms with Crippen LogP contribution >= 0.6 is 0 Å². The van der Waals surface area contributed by atoms with Gasteiger partial charge in [-0.05, 0) is 44.0 Å². The molecule has 33 heavy (non-hydrogen) atoms. The molecule has 0 radical (unpaired) electrons. The Hall–Kier alpha value is -2.98. The molecule has 0 aliphatic rings. The average molecular weight is 474 g/mol. The van der Waals surface area contributed by atoms with Crippen LogP contribution in [0.1, 0.15) is 69.6 Å². The van der Waals surface area contributed by atoms with Crippen LogP contribution in [0, 0.1) is 0 Å². The summed E-state index contributed by atoms with van der Waals surface area (Å²) < 4.78 is 28.8. The van der Waals surface area contributed by atoms with Crippen molar-refractivity contribution in [2.45, 2.75) is 58.4 Å². The Kier molecular flexibility index (Phi) is 7.08. The summed E-state index contributed by atoms with van der Waals surface area (Å²) in [5.74, 6) is -0.637. The van der Waals surface area contributed by atoms with Gasteiger partial charge in [-0.3, -0.25) is 4.79 Å². The maximum absolute atomic E-state index is 13.3. The summed E-state index contributed by atoms with van der Waals surface area (Å²) in [6.07, 6.45) is 1.60. The van der Waals surface area contributed by atoms with Crippen molar-refractivity contribution >= 4 is 32.7 Å². The first-order chi connectivity index (χ1) is 15.5. The van der Waals surface area contributed by atoms with Crippen LogP contribution in [0.25, 0.3) is 11.0 Å². The molecule has 0 unspecified atom stereocenters. The third-order valence-corrected chi connectivity index (χ3v) is 7.52. The van der Waals surface area contributed by atoms with Crippen molar-refractivity contribution in [3.05, 3.63) is 41.7 Å². The SMILES string of the molecule is CCN(CC)S(=O)(=O)c1ccc(O)c(NC(=O)c2cc(C(C)C)nc3c2cnn3C(C)C)c1. The highest BCUT2D eigenvalue weighted by Gasteiger charge is 2.24. The van der Waals surface area contributed by atoms with Crippen molar-refractivity contribution in [3.63, 3.8) is 0 Å². The minimum absolute atomic E-state index is 0.00493. The molecule has 3 aromatic rings. The molecule has 0 bridgehead atoms. The maximum Gasteiger partial charge on any atom is 0.256 e. The highest BCUT2D eigenvalue weighted by atomic mass is 32.2. The molecule has 0 aliphatic carbocycles. The molecule has 9 nitrogen and oxygen atoms in total. The van der Waals surface area contributed by atoms with Crippen LogP contribution in [0.15, 0.2) is 35.4 Å². The van der Waals surface area contributed by atoms with Gasteiger partial charge in [-0.25, -0.2) is 18.1 Å². The van der Waals surface area contributed by atoms with E-state index in [4.69, 9.17) is 4.98 Å². The second kappa shape index (κ2) is 9.48. The Morgan fingerprint density at radius 1 is 1.15 bits per heavy atom. The third kappa shape index (κ3) is 4.72. The van der Waals surface area contributed by atoms with Gasteiger partial charge in [0.1, 0.15) is 5.75 Å². The number of phenols is 1. The van der Waals surface area contributed by atoms with Crippen LogP contribution in [-0.4, -0.2) is 51.6 Å². The first-order valence-corrected chi connectivity index (χ1v) is 12.5. The van der Waals surface area contributed by atoms with E-state index in [1.165, 1.54) is 22.5 Å². The van der Waals surface area contributed by atoms with Gasteiger partial charge in [-0.15, -0.1) is 0 Å². The summed E-state index contributed by atoms with van der Waals surface area (Å²) in [4.78, 5) is 18.0. The molecule has 10 heteroatoms. The number of aromatic hydroxyl groups is 1. The van der Waals surface area contributed by atoms with E-state index >= 15 is 0 Å². The van der Waals surface area contributed by atoms with Gasteiger partial charge in [0.25, 0.3) is 5.91 Å². The van der Waals surface area contributed by atoms with E-state index in [2.05, 4.69) is 10.4 Å². The molecule has 0 atom stereocenters. The van der Waals surface area contributed by atoms with E-state index in [1.54, 1.807) is 30.8 Å². The highest BCUT2D eigenvalue weighted by Crippen LogP contribution is 2.30. The van der Waals surface area contributed by atoms with Gasteiger partial charge in [-0.2, -0.15) is 9.40 Å². The number of sulfonamides is 1. The number of anilines is 1. The van der Waals surface area contributed by atoms with Crippen molar-refractivity contribution < 1.29 is 18.3 Å². The van der Waals surface area contributed by atoms with E-state index in [-0.39, 0.29) is 28.3 Å². The van der Waals surface area contributed by atoms with Crippen LogP contribution in [0.2, 0.25) is 0 Å². The second-order valence-electron chi connectivity index (χ2n) is 8.39. The molecule has 2 N–H and O–H groups in total. The lowest BCUT2D eigenvalue weighted by atomic mass is 10.0. The van der Waals surface area contributed by atoms with Crippen molar-refractivity contribution in [3.8, 4) is 5.75 Å². The van der Waals surface area contributed by atoms with E-state index in [1.807, 2.05) is 27.7 Å². The van der Waals surface area contributed by atoms with Crippen molar-refractivity contribution in [1.29, 1.82) is 0 Å². The fourth-order valence-electron chi connectivity index (χ4n) is 3.58. The first-order valence-electron chi connectivity index (χ1n) is 11.0. The van der Waals surface area contributed by atoms with Crippen molar-refractivity contribution in [2.24, 2.45) is 0 Å². The van der Waals surface area contributed by atoms with Gasteiger partial charge in [0.2, 0.25) is 10.0 Å². The van der Waals surface area contributed by atoms with Crippen molar-refractivity contribution in [1.82, 2.24) is 19.1 Å². The zero-order chi connectivity index (χ0) is 24.5. The summed E-state index contributed by atoms with van der Waals surface area (Å²) in [6.45, 7) is 12.1. The first kappa shape index (κ1) is 24.7. The van der Waals surface area contributed by atoms with Gasteiger partial charge in [0.05, 0.1) is 27.7 Å². The molecule has 0 spiro atoms. The Bertz CT molecular complexity index is 1280. The minimum atomic E-state index is -3.75. The van der Waals surface area contributed by atoms with E-state index in [0.717, 1.165) is 5.69 Å². The van der Waals surface area contributed by atoms with Crippen LogP contribution < -0.4 is 5.32 Å². The second-order valence-corrected chi connectivity index (χ2v) is 10.3. The van der Waals surface area contributed by atoms with Crippen LogP contribution in [0.4, 0.5) is 5.69 Å². The topological polar surface area (TPSA) is 117 Å². The Morgan fingerprint density at radius 3 is 2.39 bits per heavy atom. The predicted molar refractivity (Wildman–Crippen MR) is 128 cm³/mol. The zero-order valence-electron chi connectivity index (χ0n) is 19.8. The monoisotopic (exact) mass is 473 g/mol. The number of aromatic nitrogens is 3. The number of benzene rings is 1. The standard InChI is InChI=1S/C23H31N5O4S/c1-7-27(8-2)33(31,32)16-9-10-21(29)20(11-16)26-23(30)17-12-19(14(3)4)25-22-18(17)13-24-28(22)15(5)6/h9-15,29H,7-8H2,1-6H3,(H,26,30). The molecule has 2 aromatic heterocycles. The van der Waals surface area contributed by atoms with Gasteiger partial charge in [-0.1, -0.05) is 27.7 Å². The number of nitrogens with zero attached hydrogens (tertiary/aromatic N) is 4. The third-order valence-electron chi connectivity index (χ3n) is 5.47. The largest absolute Gasteiger partial charge is 0.506 e. The summed E-state index contributed by atoms with van der Waals surface area (Å²) >= 11 is 0. The number of fused-ring (bicyclic) bond motifs is 1. The number of amides is 1. The van der Waals surface area contributed by atoms with Crippen LogP contribution in [-0.2, 0) is 10.0 Å². The smallest absolute Gasteiger partial charge is 0.256 e. The minimum Gasteiger partial charge on any atom is -0.506 e. The lowest BCUT2D eigenvalue weighted by Gasteiger charge is -2.19. The molecule has 3 rings (SSSR count). The summed E-state index contributed by atoms with van der Waals surface area (Å²) in [7, 11) is -3.75. The molecule has 0 saturated carbocycles. The molecular weight excluding hydrogens is 442 g/mol. The Balaban J connectivity index is 2.06. The van der Waals surface area contributed by atoms with Gasteiger partial charge < -0.3 is 10.4 Å². The van der Waals surface area contributed by atoms with Gasteiger partial charge >= 0.3 is 0 Å². The highest BCUT2D eigenvalue weighted by molar-refractivity contribution is 7.89. The normalized spacial score (nSPS) is 12.3. The number of pyridine rings is 1. The van der Waals surface area contributed by atoms with Gasteiger partial charge in [0.15, 0.2) is 5.65 Å². The van der Waals surface area contributed by atoms with E-state index < -0.39 is 15.9 Å².